The lowest BCUT2D eigenvalue weighted by Crippen LogP contribution is -1.96. The van der Waals surface area contributed by atoms with Crippen LogP contribution in [-0.4, -0.2) is 16.6 Å². The van der Waals surface area contributed by atoms with Crippen molar-refractivity contribution in [1.29, 1.82) is 0 Å². The van der Waals surface area contributed by atoms with E-state index in [0.29, 0.717) is 11.0 Å². The molecule has 0 saturated heterocycles. The highest BCUT2D eigenvalue weighted by molar-refractivity contribution is 6.30. The van der Waals surface area contributed by atoms with Crippen LogP contribution in [-0.2, 0) is 6.42 Å². The van der Waals surface area contributed by atoms with E-state index in [9.17, 15) is 0 Å². The first-order valence-corrected chi connectivity index (χ1v) is 6.30. The Bertz CT molecular complexity index is 625. The van der Waals surface area contributed by atoms with Crippen molar-refractivity contribution in [2.75, 3.05) is 6.61 Å². The molecule has 92 valence electrons. The Balaban J connectivity index is 2.15. The van der Waals surface area contributed by atoms with Gasteiger partial charge in [0.1, 0.15) is 16.7 Å². The SMILES string of the molecule is Cc1nc(Cl)c(C)c(-c2ccc3c(c2)CCO3)n1. The smallest absolute Gasteiger partial charge is 0.136 e. The number of ether oxygens (including phenoxy) is 1. The van der Waals surface area contributed by atoms with Gasteiger partial charge in [0, 0.05) is 17.5 Å². The van der Waals surface area contributed by atoms with E-state index in [1.165, 1.54) is 5.56 Å². The highest BCUT2D eigenvalue weighted by atomic mass is 35.5. The molecule has 0 N–H and O–H groups in total. The van der Waals surface area contributed by atoms with Crippen LogP contribution in [0.5, 0.6) is 5.75 Å². The van der Waals surface area contributed by atoms with Crippen LogP contribution in [0.2, 0.25) is 5.15 Å². The summed E-state index contributed by atoms with van der Waals surface area (Å²) >= 11 is 6.11. The molecule has 18 heavy (non-hydrogen) atoms. The van der Waals surface area contributed by atoms with Gasteiger partial charge in [-0.2, -0.15) is 0 Å². The highest BCUT2D eigenvalue weighted by Crippen LogP contribution is 2.32. The van der Waals surface area contributed by atoms with Crippen LogP contribution in [0.3, 0.4) is 0 Å². The molecular weight excluding hydrogens is 248 g/mol. The average molecular weight is 261 g/mol. The summed E-state index contributed by atoms with van der Waals surface area (Å²) in [6, 6.07) is 6.16. The van der Waals surface area contributed by atoms with Crippen LogP contribution in [0.25, 0.3) is 11.3 Å². The fourth-order valence-electron chi connectivity index (χ4n) is 2.21. The Kier molecular flexibility index (Phi) is 2.71. The van der Waals surface area contributed by atoms with E-state index in [1.54, 1.807) is 0 Å². The van der Waals surface area contributed by atoms with Crippen LogP contribution < -0.4 is 4.74 Å². The summed E-state index contributed by atoms with van der Waals surface area (Å²) in [5.74, 6) is 1.67. The van der Waals surface area contributed by atoms with Crippen molar-refractivity contribution in [2.45, 2.75) is 20.3 Å². The summed E-state index contributed by atoms with van der Waals surface area (Å²) in [4.78, 5) is 8.65. The molecule has 0 fully saturated rings. The minimum Gasteiger partial charge on any atom is -0.493 e. The summed E-state index contributed by atoms with van der Waals surface area (Å²) in [6.07, 6.45) is 0.958. The third-order valence-corrected chi connectivity index (χ3v) is 3.53. The van der Waals surface area contributed by atoms with Gasteiger partial charge in [0.15, 0.2) is 0 Å². The van der Waals surface area contributed by atoms with Gasteiger partial charge in [0.25, 0.3) is 0 Å². The molecule has 0 bridgehead atoms. The molecule has 1 aromatic carbocycles. The van der Waals surface area contributed by atoms with Gasteiger partial charge in [-0.15, -0.1) is 0 Å². The maximum Gasteiger partial charge on any atom is 0.136 e. The first-order chi connectivity index (χ1) is 8.65. The predicted molar refractivity (Wildman–Crippen MR) is 71.2 cm³/mol. The van der Waals surface area contributed by atoms with Gasteiger partial charge < -0.3 is 4.74 Å². The minimum atomic E-state index is 0.522. The summed E-state index contributed by atoms with van der Waals surface area (Å²) in [7, 11) is 0. The molecule has 3 nitrogen and oxygen atoms in total. The van der Waals surface area contributed by atoms with Gasteiger partial charge in [-0.25, -0.2) is 9.97 Å². The van der Waals surface area contributed by atoms with E-state index in [4.69, 9.17) is 16.3 Å². The Morgan fingerprint density at radius 3 is 2.89 bits per heavy atom. The van der Waals surface area contributed by atoms with E-state index in [2.05, 4.69) is 16.0 Å². The van der Waals surface area contributed by atoms with E-state index in [1.807, 2.05) is 26.0 Å². The van der Waals surface area contributed by atoms with Gasteiger partial charge in [0.2, 0.25) is 0 Å². The van der Waals surface area contributed by atoms with E-state index >= 15 is 0 Å². The Labute approximate surface area is 111 Å². The van der Waals surface area contributed by atoms with Gasteiger partial charge in [-0.3, -0.25) is 0 Å². The topological polar surface area (TPSA) is 35.0 Å². The van der Waals surface area contributed by atoms with Gasteiger partial charge in [-0.05, 0) is 37.6 Å². The molecule has 0 aliphatic carbocycles. The third-order valence-electron chi connectivity index (χ3n) is 3.16. The fourth-order valence-corrected chi connectivity index (χ4v) is 2.42. The lowest BCUT2D eigenvalue weighted by Gasteiger charge is -2.09. The van der Waals surface area contributed by atoms with Crippen molar-refractivity contribution in [3.8, 4) is 17.0 Å². The van der Waals surface area contributed by atoms with E-state index < -0.39 is 0 Å². The highest BCUT2D eigenvalue weighted by Gasteiger charge is 2.15. The largest absolute Gasteiger partial charge is 0.493 e. The number of aromatic nitrogens is 2. The van der Waals surface area contributed by atoms with Crippen molar-refractivity contribution in [3.63, 3.8) is 0 Å². The van der Waals surface area contributed by atoms with E-state index in [0.717, 1.165) is 35.6 Å². The lowest BCUT2D eigenvalue weighted by atomic mass is 10.0. The number of hydrogen-bond acceptors (Lipinski definition) is 3. The fraction of sp³-hybridized carbons (Fsp3) is 0.286. The first kappa shape index (κ1) is 11.5. The molecule has 0 spiro atoms. The van der Waals surface area contributed by atoms with Gasteiger partial charge in [-0.1, -0.05) is 11.6 Å². The zero-order chi connectivity index (χ0) is 12.7. The molecule has 4 heteroatoms. The minimum absolute atomic E-state index is 0.522. The second-order valence-corrected chi connectivity index (χ2v) is 4.81. The average Bonchev–Trinajstić information content (AvgIpc) is 2.80. The van der Waals surface area contributed by atoms with E-state index in [-0.39, 0.29) is 0 Å². The summed E-state index contributed by atoms with van der Waals surface area (Å²) in [6.45, 7) is 4.56. The van der Waals surface area contributed by atoms with Crippen molar-refractivity contribution in [2.24, 2.45) is 0 Å². The van der Waals surface area contributed by atoms with Crippen LogP contribution in [0.1, 0.15) is 17.0 Å². The maximum atomic E-state index is 6.11. The molecule has 0 saturated carbocycles. The van der Waals surface area contributed by atoms with Crippen LogP contribution in [0, 0.1) is 13.8 Å². The summed E-state index contributed by atoms with van der Waals surface area (Å²) in [5.41, 5.74) is 4.13. The molecular formula is C14H13ClN2O. The standard InChI is InChI=1S/C14H13ClN2O/c1-8-13(16-9(2)17-14(8)15)11-3-4-12-10(7-11)5-6-18-12/h3-4,7H,5-6H2,1-2H3. The van der Waals surface area contributed by atoms with Crippen molar-refractivity contribution in [3.05, 3.63) is 40.3 Å². The number of fused-ring (bicyclic) bond motifs is 1. The quantitative estimate of drug-likeness (QED) is 0.738. The molecule has 1 aliphatic heterocycles. The van der Waals surface area contributed by atoms with Crippen molar-refractivity contribution in [1.82, 2.24) is 9.97 Å². The monoisotopic (exact) mass is 260 g/mol. The van der Waals surface area contributed by atoms with Crippen molar-refractivity contribution >= 4 is 11.6 Å². The summed E-state index contributed by atoms with van der Waals surface area (Å²) in [5, 5.41) is 0.522. The number of nitrogens with zero attached hydrogens (tertiary/aromatic N) is 2. The number of benzene rings is 1. The van der Waals surface area contributed by atoms with Crippen LogP contribution in [0.4, 0.5) is 0 Å². The second kappa shape index (κ2) is 4.25. The third kappa shape index (κ3) is 1.85. The second-order valence-electron chi connectivity index (χ2n) is 4.46. The Morgan fingerprint density at radius 2 is 2.06 bits per heavy atom. The van der Waals surface area contributed by atoms with Crippen LogP contribution in [0.15, 0.2) is 18.2 Å². The molecule has 0 unspecified atom stereocenters. The van der Waals surface area contributed by atoms with Crippen LogP contribution >= 0.6 is 11.6 Å². The molecule has 2 heterocycles. The zero-order valence-electron chi connectivity index (χ0n) is 10.3. The number of aryl methyl sites for hydroxylation is 1. The molecule has 0 amide bonds. The molecule has 0 atom stereocenters. The molecule has 3 rings (SSSR count). The zero-order valence-corrected chi connectivity index (χ0v) is 11.1. The maximum absolute atomic E-state index is 6.11. The van der Waals surface area contributed by atoms with Gasteiger partial charge in [0.05, 0.1) is 12.3 Å². The van der Waals surface area contributed by atoms with Gasteiger partial charge >= 0.3 is 0 Å². The first-order valence-electron chi connectivity index (χ1n) is 5.92. The lowest BCUT2D eigenvalue weighted by molar-refractivity contribution is 0.357. The molecule has 0 radical (unpaired) electrons. The number of hydrogen-bond donors (Lipinski definition) is 0. The molecule has 1 aromatic heterocycles. The predicted octanol–water partition coefficient (Wildman–Crippen LogP) is 3.35. The summed E-state index contributed by atoms with van der Waals surface area (Å²) < 4.78 is 5.51. The molecule has 1 aliphatic rings. The Hall–Kier alpha value is -1.61. The normalized spacial score (nSPS) is 13.3. The van der Waals surface area contributed by atoms with Crippen molar-refractivity contribution < 1.29 is 4.74 Å². The Morgan fingerprint density at radius 1 is 1.22 bits per heavy atom. The number of halogens is 1. The number of rotatable bonds is 1. The molecule has 2 aromatic rings.